The number of nitrogens with zero attached hydrogens (tertiary/aromatic N) is 3. The highest BCUT2D eigenvalue weighted by Gasteiger charge is 2.23. The van der Waals surface area contributed by atoms with E-state index in [2.05, 4.69) is 9.97 Å². The van der Waals surface area contributed by atoms with Gasteiger partial charge in [-0.1, -0.05) is 12.1 Å². The summed E-state index contributed by atoms with van der Waals surface area (Å²) in [5.74, 6) is 2.30. The van der Waals surface area contributed by atoms with Crippen LogP contribution < -0.4 is 9.47 Å². The Labute approximate surface area is 184 Å². The van der Waals surface area contributed by atoms with Crippen LogP contribution in [0.15, 0.2) is 41.0 Å². The summed E-state index contributed by atoms with van der Waals surface area (Å²) in [5.41, 5.74) is 2.58. The van der Waals surface area contributed by atoms with Gasteiger partial charge in [0.2, 0.25) is 0 Å². The van der Waals surface area contributed by atoms with Crippen LogP contribution in [-0.4, -0.2) is 42.0 Å². The molecule has 160 valence electrons. The van der Waals surface area contributed by atoms with E-state index in [9.17, 15) is 4.79 Å². The van der Waals surface area contributed by atoms with Gasteiger partial charge < -0.3 is 18.8 Å². The average molecular weight is 438 g/mol. The van der Waals surface area contributed by atoms with E-state index in [0.29, 0.717) is 34.5 Å². The van der Waals surface area contributed by atoms with Crippen LogP contribution in [0.2, 0.25) is 0 Å². The first kappa shape index (κ1) is 20.9. The Morgan fingerprint density at radius 1 is 1.13 bits per heavy atom. The zero-order chi connectivity index (χ0) is 22.1. The number of ether oxygens (including phenoxy) is 2. The summed E-state index contributed by atoms with van der Waals surface area (Å²) in [5, 5.41) is 0.913. The molecule has 0 bridgehead atoms. The quantitative estimate of drug-likeness (QED) is 0.429. The monoisotopic (exact) mass is 437 g/mol. The number of fused-ring (bicyclic) bond motifs is 1. The molecule has 0 saturated heterocycles. The van der Waals surface area contributed by atoms with Crippen LogP contribution in [0.3, 0.4) is 0 Å². The number of hydrogen-bond donors (Lipinski definition) is 0. The van der Waals surface area contributed by atoms with E-state index in [0.717, 1.165) is 27.0 Å². The number of hydrogen-bond acceptors (Lipinski definition) is 7. The number of para-hydroxylation sites is 1. The van der Waals surface area contributed by atoms with Crippen LogP contribution in [0.4, 0.5) is 0 Å². The van der Waals surface area contributed by atoms with Crippen LogP contribution in [0.1, 0.15) is 26.5 Å². The Balaban J connectivity index is 1.68. The maximum absolute atomic E-state index is 13.3. The van der Waals surface area contributed by atoms with Crippen molar-refractivity contribution in [3.8, 4) is 23.1 Å². The maximum Gasteiger partial charge on any atom is 0.264 e. The van der Waals surface area contributed by atoms with Crippen molar-refractivity contribution >= 4 is 27.5 Å². The van der Waals surface area contributed by atoms with Crippen molar-refractivity contribution in [1.82, 2.24) is 14.9 Å². The molecule has 8 heteroatoms. The molecule has 0 saturated carbocycles. The van der Waals surface area contributed by atoms with Crippen molar-refractivity contribution in [1.29, 1.82) is 0 Å². The third-order valence-electron chi connectivity index (χ3n) is 5.15. The van der Waals surface area contributed by atoms with Gasteiger partial charge in [-0.3, -0.25) is 4.79 Å². The maximum atomic E-state index is 13.3. The molecule has 0 atom stereocenters. The third-order valence-corrected chi connectivity index (χ3v) is 6.32. The van der Waals surface area contributed by atoms with E-state index in [1.807, 2.05) is 38.1 Å². The molecule has 0 N–H and O–H groups in total. The first-order chi connectivity index (χ1) is 14.9. The van der Waals surface area contributed by atoms with Gasteiger partial charge in [0.1, 0.15) is 4.83 Å². The molecule has 4 aromatic rings. The van der Waals surface area contributed by atoms with Gasteiger partial charge in [0.15, 0.2) is 23.1 Å². The van der Waals surface area contributed by atoms with Crippen LogP contribution >= 0.6 is 11.3 Å². The third kappa shape index (κ3) is 3.74. The highest BCUT2D eigenvalue weighted by molar-refractivity contribution is 7.20. The van der Waals surface area contributed by atoms with Crippen LogP contribution in [0.25, 0.3) is 21.8 Å². The summed E-state index contributed by atoms with van der Waals surface area (Å²) < 4.78 is 16.3. The summed E-state index contributed by atoms with van der Waals surface area (Å²) in [6.07, 6.45) is 1.59. The molecule has 0 fully saturated rings. The van der Waals surface area contributed by atoms with Crippen molar-refractivity contribution in [2.45, 2.75) is 20.4 Å². The van der Waals surface area contributed by atoms with Crippen LogP contribution in [-0.2, 0) is 6.54 Å². The molecule has 7 nitrogen and oxygen atoms in total. The number of carbonyl (C=O) groups is 1. The lowest BCUT2D eigenvalue weighted by molar-refractivity contribution is 0.0788. The lowest BCUT2D eigenvalue weighted by Crippen LogP contribution is -2.26. The fourth-order valence-electron chi connectivity index (χ4n) is 3.64. The second-order valence-corrected chi connectivity index (χ2v) is 8.16. The normalized spacial score (nSPS) is 11.0. The minimum absolute atomic E-state index is 0.0793. The van der Waals surface area contributed by atoms with E-state index in [1.165, 1.54) is 11.3 Å². The molecule has 0 aliphatic rings. The van der Waals surface area contributed by atoms with E-state index >= 15 is 0 Å². The molecule has 1 aromatic carbocycles. The van der Waals surface area contributed by atoms with Gasteiger partial charge >= 0.3 is 0 Å². The zero-order valence-corrected chi connectivity index (χ0v) is 18.9. The summed E-state index contributed by atoms with van der Waals surface area (Å²) in [6, 6.07) is 9.26. The van der Waals surface area contributed by atoms with Gasteiger partial charge in [-0.25, -0.2) is 9.97 Å². The van der Waals surface area contributed by atoms with E-state index in [1.54, 1.807) is 38.5 Å². The molecule has 0 aliphatic heterocycles. The number of rotatable bonds is 6. The van der Waals surface area contributed by atoms with Crippen molar-refractivity contribution in [3.63, 3.8) is 0 Å². The largest absolute Gasteiger partial charge is 0.493 e. The Hall–Kier alpha value is -3.39. The van der Waals surface area contributed by atoms with Gasteiger partial charge in [0, 0.05) is 24.5 Å². The van der Waals surface area contributed by atoms with Crippen LogP contribution in [0.5, 0.6) is 11.5 Å². The number of benzene rings is 1. The predicted molar refractivity (Wildman–Crippen MR) is 120 cm³/mol. The lowest BCUT2D eigenvalue weighted by Gasteiger charge is -2.19. The Morgan fingerprint density at radius 2 is 1.94 bits per heavy atom. The highest BCUT2D eigenvalue weighted by atomic mass is 32.1. The van der Waals surface area contributed by atoms with Gasteiger partial charge in [-0.2, -0.15) is 0 Å². The summed E-state index contributed by atoms with van der Waals surface area (Å²) in [4.78, 5) is 25.6. The summed E-state index contributed by atoms with van der Waals surface area (Å²) in [6.45, 7) is 4.25. The molecular formula is C23H23N3O4S. The lowest BCUT2D eigenvalue weighted by atomic mass is 10.1. The first-order valence-corrected chi connectivity index (χ1v) is 10.5. The number of aromatic nitrogens is 2. The van der Waals surface area contributed by atoms with Gasteiger partial charge in [0.05, 0.1) is 31.1 Å². The number of aryl methyl sites for hydroxylation is 2. The van der Waals surface area contributed by atoms with Crippen molar-refractivity contribution in [2.24, 2.45) is 0 Å². The van der Waals surface area contributed by atoms with Gasteiger partial charge in [-0.15, -0.1) is 11.3 Å². The molecule has 0 unspecified atom stereocenters. The fourth-order valence-corrected chi connectivity index (χ4v) is 4.86. The van der Waals surface area contributed by atoms with E-state index in [-0.39, 0.29) is 5.91 Å². The number of carbonyl (C=O) groups excluding carboxylic acids is 1. The number of thiophene rings is 1. The molecule has 31 heavy (non-hydrogen) atoms. The molecule has 3 heterocycles. The van der Waals surface area contributed by atoms with Crippen molar-refractivity contribution < 1.29 is 18.7 Å². The minimum Gasteiger partial charge on any atom is -0.493 e. The highest BCUT2D eigenvalue weighted by Crippen LogP contribution is 2.35. The Morgan fingerprint density at radius 3 is 2.61 bits per heavy atom. The number of amides is 1. The molecule has 0 spiro atoms. The molecular weight excluding hydrogens is 414 g/mol. The Kier molecular flexibility index (Phi) is 5.65. The number of methoxy groups -OCH3 is 2. The smallest absolute Gasteiger partial charge is 0.264 e. The summed E-state index contributed by atoms with van der Waals surface area (Å²) in [7, 11) is 4.96. The standard InChI is InChI=1S/C23H23N3O4S/c1-13-18-14(2)24-21(17-10-7-11-30-17)25-22(18)31-20(13)23(27)26(3)12-15-8-6-9-16(28-4)19(15)29-5/h6-11H,12H2,1-5H3. The SMILES string of the molecule is COc1cccc(CN(C)C(=O)c2sc3nc(-c4ccco4)nc(C)c3c2C)c1OC. The molecule has 3 aromatic heterocycles. The van der Waals surface area contributed by atoms with E-state index < -0.39 is 0 Å². The van der Waals surface area contributed by atoms with Gasteiger partial charge in [0.25, 0.3) is 5.91 Å². The molecule has 1 amide bonds. The van der Waals surface area contributed by atoms with Gasteiger partial charge in [-0.05, 0) is 37.6 Å². The zero-order valence-electron chi connectivity index (χ0n) is 18.1. The predicted octanol–water partition coefficient (Wildman–Crippen LogP) is 4.86. The topological polar surface area (TPSA) is 77.7 Å². The van der Waals surface area contributed by atoms with Crippen molar-refractivity contribution in [3.05, 3.63) is 58.3 Å². The second kappa shape index (κ2) is 8.39. The number of furan rings is 1. The molecule has 4 rings (SSSR count). The van der Waals surface area contributed by atoms with E-state index in [4.69, 9.17) is 13.9 Å². The average Bonchev–Trinajstić information content (AvgIpc) is 3.41. The first-order valence-electron chi connectivity index (χ1n) is 9.71. The fraction of sp³-hybridized carbons (Fsp3) is 0.261. The molecule has 0 radical (unpaired) electrons. The van der Waals surface area contributed by atoms with Crippen molar-refractivity contribution in [2.75, 3.05) is 21.3 Å². The molecule has 0 aliphatic carbocycles. The second-order valence-electron chi connectivity index (χ2n) is 7.16. The van der Waals surface area contributed by atoms with Crippen LogP contribution in [0, 0.1) is 13.8 Å². The summed E-state index contributed by atoms with van der Waals surface area (Å²) >= 11 is 1.37. The minimum atomic E-state index is -0.0793. The Bertz CT molecular complexity index is 1250.